The molecule has 1 amide bonds. The number of nitrogens with one attached hydrogen (secondary N) is 1. The van der Waals surface area contributed by atoms with Gasteiger partial charge in [-0.15, -0.1) is 0 Å². The maximum absolute atomic E-state index is 12.0. The summed E-state index contributed by atoms with van der Waals surface area (Å²) in [4.78, 5) is 27.1. The fourth-order valence-electron chi connectivity index (χ4n) is 3.57. The van der Waals surface area contributed by atoms with Gasteiger partial charge in [-0.25, -0.2) is 0 Å². The first-order valence-electron chi connectivity index (χ1n) is 11.9. The van der Waals surface area contributed by atoms with E-state index in [1.807, 2.05) is 30.5 Å². The Morgan fingerprint density at radius 2 is 1.60 bits per heavy atom. The van der Waals surface area contributed by atoms with Gasteiger partial charge >= 0.3 is 5.97 Å². The summed E-state index contributed by atoms with van der Waals surface area (Å²) in [6, 6.07) is 19.0. The summed E-state index contributed by atoms with van der Waals surface area (Å²) in [5.41, 5.74) is 3.76. The van der Waals surface area contributed by atoms with Gasteiger partial charge in [-0.3, -0.25) is 14.6 Å². The zero-order valence-electron chi connectivity index (χ0n) is 20.0. The third-order valence-electron chi connectivity index (χ3n) is 5.58. The third-order valence-corrected chi connectivity index (χ3v) is 5.58. The van der Waals surface area contributed by atoms with Crippen molar-refractivity contribution in [1.29, 1.82) is 0 Å². The molecule has 0 unspecified atom stereocenters. The second-order valence-electron chi connectivity index (χ2n) is 8.22. The highest BCUT2D eigenvalue weighted by Gasteiger charge is 2.06. The summed E-state index contributed by atoms with van der Waals surface area (Å²) < 4.78 is 11.0. The van der Waals surface area contributed by atoms with Gasteiger partial charge in [0, 0.05) is 23.9 Å². The lowest BCUT2D eigenvalue weighted by Gasteiger charge is -2.08. The van der Waals surface area contributed by atoms with Crippen LogP contribution < -0.4 is 14.8 Å². The van der Waals surface area contributed by atoms with E-state index in [1.165, 1.54) is 5.56 Å². The van der Waals surface area contributed by atoms with Crippen LogP contribution in [0.5, 0.6) is 11.5 Å². The van der Waals surface area contributed by atoms with E-state index in [0.717, 1.165) is 54.9 Å². The van der Waals surface area contributed by atoms with Crippen molar-refractivity contribution >= 4 is 11.9 Å². The fraction of sp³-hybridized carbons (Fsp3) is 0.321. The van der Waals surface area contributed by atoms with Crippen molar-refractivity contribution in [3.63, 3.8) is 0 Å². The van der Waals surface area contributed by atoms with E-state index in [1.54, 1.807) is 31.4 Å². The lowest BCUT2D eigenvalue weighted by molar-refractivity contribution is -0.136. The first-order chi connectivity index (χ1) is 17.0. The molecule has 0 fully saturated rings. The van der Waals surface area contributed by atoms with Crippen molar-refractivity contribution in [3.8, 4) is 22.8 Å². The molecule has 0 aliphatic carbocycles. The minimum Gasteiger partial charge on any atom is -0.497 e. The monoisotopic (exact) mass is 476 g/mol. The molecular weight excluding hydrogens is 444 g/mol. The van der Waals surface area contributed by atoms with Crippen LogP contribution in [0.4, 0.5) is 0 Å². The summed E-state index contributed by atoms with van der Waals surface area (Å²) in [5.74, 6) is 0.327. The Bertz CT molecular complexity index is 1060. The maximum atomic E-state index is 12.0. The molecule has 7 nitrogen and oxygen atoms in total. The van der Waals surface area contributed by atoms with Crippen LogP contribution in [0.2, 0.25) is 0 Å². The molecule has 0 bridgehead atoms. The van der Waals surface area contributed by atoms with E-state index in [2.05, 4.69) is 22.4 Å². The van der Waals surface area contributed by atoms with E-state index in [0.29, 0.717) is 12.2 Å². The smallest absolute Gasteiger partial charge is 0.305 e. The van der Waals surface area contributed by atoms with Crippen LogP contribution in [0.3, 0.4) is 0 Å². The predicted octanol–water partition coefficient (Wildman–Crippen LogP) is 5.14. The van der Waals surface area contributed by atoms with Crippen molar-refractivity contribution in [2.75, 3.05) is 20.3 Å². The van der Waals surface area contributed by atoms with Crippen LogP contribution in [-0.2, 0) is 11.2 Å². The van der Waals surface area contributed by atoms with E-state index in [-0.39, 0.29) is 18.9 Å². The van der Waals surface area contributed by atoms with Gasteiger partial charge in [-0.2, -0.15) is 0 Å². The number of hydrogen-bond acceptors (Lipinski definition) is 5. The Balaban J connectivity index is 1.28. The van der Waals surface area contributed by atoms with Gasteiger partial charge < -0.3 is 19.9 Å². The molecule has 0 atom stereocenters. The average Bonchev–Trinajstić information content (AvgIpc) is 2.88. The number of ether oxygens (including phenoxy) is 2. The van der Waals surface area contributed by atoms with Gasteiger partial charge in [0.05, 0.1) is 25.8 Å². The molecule has 35 heavy (non-hydrogen) atoms. The topological polar surface area (TPSA) is 97.8 Å². The number of benzene rings is 2. The Kier molecular flexibility index (Phi) is 10.1. The molecule has 2 aromatic carbocycles. The average molecular weight is 477 g/mol. The molecule has 0 aliphatic heterocycles. The lowest BCUT2D eigenvalue weighted by atomic mass is 10.1. The molecule has 0 radical (unpaired) electrons. The molecular formula is C28H32N2O5. The molecule has 7 heteroatoms. The van der Waals surface area contributed by atoms with E-state index < -0.39 is 5.97 Å². The maximum Gasteiger partial charge on any atom is 0.305 e. The zero-order chi connectivity index (χ0) is 24.9. The summed E-state index contributed by atoms with van der Waals surface area (Å²) in [6.07, 6.45) is 7.15. The largest absolute Gasteiger partial charge is 0.497 e. The third kappa shape index (κ3) is 8.77. The number of nitrogens with zero attached hydrogens (tertiary/aromatic N) is 1. The van der Waals surface area contributed by atoms with Crippen LogP contribution in [-0.4, -0.2) is 42.2 Å². The minimum absolute atomic E-state index is 0.0965. The minimum atomic E-state index is -0.939. The van der Waals surface area contributed by atoms with Crippen molar-refractivity contribution in [2.24, 2.45) is 0 Å². The predicted molar refractivity (Wildman–Crippen MR) is 135 cm³/mol. The van der Waals surface area contributed by atoms with Crippen molar-refractivity contribution in [1.82, 2.24) is 10.3 Å². The van der Waals surface area contributed by atoms with Gasteiger partial charge in [-0.05, 0) is 79.4 Å². The van der Waals surface area contributed by atoms with Gasteiger partial charge in [-0.1, -0.05) is 18.9 Å². The number of amides is 1. The molecule has 0 saturated heterocycles. The highest BCUT2D eigenvalue weighted by atomic mass is 16.5. The lowest BCUT2D eigenvalue weighted by Crippen LogP contribution is -2.25. The normalized spacial score (nSPS) is 10.5. The van der Waals surface area contributed by atoms with Crippen LogP contribution >= 0.6 is 0 Å². The van der Waals surface area contributed by atoms with Gasteiger partial charge in [0.2, 0.25) is 0 Å². The van der Waals surface area contributed by atoms with Crippen LogP contribution in [0, 0.1) is 0 Å². The molecule has 0 saturated carbocycles. The highest BCUT2D eigenvalue weighted by molar-refractivity contribution is 5.94. The number of hydrogen-bond donors (Lipinski definition) is 2. The molecule has 184 valence electrons. The molecule has 0 spiro atoms. The van der Waals surface area contributed by atoms with Crippen molar-refractivity contribution in [2.45, 2.75) is 38.5 Å². The van der Waals surface area contributed by atoms with E-state index >= 15 is 0 Å². The molecule has 3 aromatic rings. The number of aryl methyl sites for hydroxylation is 1. The van der Waals surface area contributed by atoms with Crippen LogP contribution in [0.25, 0.3) is 11.3 Å². The molecule has 1 aromatic heterocycles. The summed E-state index contributed by atoms with van der Waals surface area (Å²) in [6.45, 7) is 0.736. The number of carboxylic acid groups (broad SMARTS) is 1. The molecule has 1 heterocycles. The van der Waals surface area contributed by atoms with Crippen LogP contribution in [0.15, 0.2) is 66.9 Å². The second kappa shape index (κ2) is 13.7. The number of rotatable bonds is 14. The Hall–Kier alpha value is -3.87. The number of methoxy groups -OCH3 is 1. The number of aliphatic carboxylic acids is 1. The Morgan fingerprint density at radius 1 is 0.886 bits per heavy atom. The first kappa shape index (κ1) is 25.7. The first-order valence-corrected chi connectivity index (χ1v) is 11.9. The molecule has 3 rings (SSSR count). The standard InChI is InChI=1S/C28H32N2O5/c1-34-24-12-8-22(9-13-24)26-16-7-21(20-30-26)6-4-2-3-5-19-35-25-14-10-23(11-15-25)28(33)29-18-17-27(31)32/h7-16,20H,2-6,17-19H2,1H3,(H,29,33)(H,31,32). The summed E-state index contributed by atoms with van der Waals surface area (Å²) in [5, 5.41) is 11.2. The number of carboxylic acids is 1. The molecule has 2 N–H and O–H groups in total. The van der Waals surface area contributed by atoms with Crippen molar-refractivity contribution in [3.05, 3.63) is 78.0 Å². The highest BCUT2D eigenvalue weighted by Crippen LogP contribution is 2.21. The number of carbonyl (C=O) groups excluding carboxylic acids is 1. The van der Waals surface area contributed by atoms with Gasteiger partial charge in [0.1, 0.15) is 11.5 Å². The number of carbonyl (C=O) groups is 2. The zero-order valence-corrected chi connectivity index (χ0v) is 20.0. The van der Waals surface area contributed by atoms with Crippen molar-refractivity contribution < 1.29 is 24.2 Å². The SMILES string of the molecule is COc1ccc(-c2ccc(CCCCCCOc3ccc(C(=O)NCCC(=O)O)cc3)cn2)cc1. The number of unbranched alkanes of at least 4 members (excludes halogenated alkanes) is 3. The van der Waals surface area contributed by atoms with Crippen LogP contribution in [0.1, 0.15) is 48.0 Å². The second-order valence-corrected chi connectivity index (χ2v) is 8.22. The Morgan fingerprint density at radius 3 is 2.26 bits per heavy atom. The summed E-state index contributed by atoms with van der Waals surface area (Å²) in [7, 11) is 1.66. The Labute approximate surface area is 206 Å². The molecule has 0 aliphatic rings. The quantitative estimate of drug-likeness (QED) is 0.313. The fourth-order valence-corrected chi connectivity index (χ4v) is 3.57. The number of pyridine rings is 1. The summed E-state index contributed by atoms with van der Waals surface area (Å²) >= 11 is 0. The van der Waals surface area contributed by atoms with Gasteiger partial charge in [0.25, 0.3) is 5.91 Å². The number of aromatic nitrogens is 1. The van der Waals surface area contributed by atoms with E-state index in [4.69, 9.17) is 14.6 Å². The van der Waals surface area contributed by atoms with E-state index in [9.17, 15) is 9.59 Å². The van der Waals surface area contributed by atoms with Gasteiger partial charge in [0.15, 0.2) is 0 Å².